The van der Waals surface area contributed by atoms with Gasteiger partial charge in [0.2, 0.25) is 0 Å². The molecule has 1 aliphatic heterocycles. The molecule has 27 heavy (non-hydrogen) atoms. The minimum Gasteiger partial charge on any atom is -0.466 e. The Hall–Kier alpha value is -2.86. The Labute approximate surface area is 162 Å². The van der Waals surface area contributed by atoms with Crippen LogP contribution in [0.25, 0.3) is 0 Å². The number of carbonyl (C=O) groups is 3. The Kier molecular flexibility index (Phi) is 5.76. The van der Waals surface area contributed by atoms with E-state index in [2.05, 4.69) is 5.32 Å². The van der Waals surface area contributed by atoms with Crippen LogP contribution < -0.4 is 10.2 Å². The van der Waals surface area contributed by atoms with E-state index in [1.807, 2.05) is 18.2 Å². The Morgan fingerprint density at radius 3 is 2.44 bits per heavy atom. The predicted octanol–water partition coefficient (Wildman–Crippen LogP) is 2.66. The van der Waals surface area contributed by atoms with Gasteiger partial charge in [0.05, 0.1) is 6.61 Å². The lowest BCUT2D eigenvalue weighted by Gasteiger charge is -2.17. The summed E-state index contributed by atoms with van der Waals surface area (Å²) in [6, 6.07) is 14.3. The minimum absolute atomic E-state index is 0.146. The van der Waals surface area contributed by atoms with Crippen molar-refractivity contribution in [2.45, 2.75) is 13.0 Å². The van der Waals surface area contributed by atoms with Crippen molar-refractivity contribution in [1.29, 1.82) is 0 Å². The molecule has 1 heterocycles. The molecule has 6 nitrogen and oxygen atoms in total. The standard InChI is InChI=1S/C20H19ClN2O4/c1-2-27-20(26)16-12-23(15-6-4-3-5-7-15)19(25)17(16)22-18(24)13-8-10-14(21)11-9-13/h3-11,16-17H,2,12H2,1H3,(H,22,24)/t16-,17-/m1/s1. The first-order valence-electron chi connectivity index (χ1n) is 8.60. The van der Waals surface area contributed by atoms with Gasteiger partial charge in [-0.15, -0.1) is 0 Å². The molecule has 1 N–H and O–H groups in total. The topological polar surface area (TPSA) is 75.7 Å². The number of esters is 1. The van der Waals surface area contributed by atoms with E-state index in [4.69, 9.17) is 16.3 Å². The van der Waals surface area contributed by atoms with Gasteiger partial charge in [-0.3, -0.25) is 14.4 Å². The lowest BCUT2D eigenvalue weighted by Crippen LogP contribution is -2.46. The van der Waals surface area contributed by atoms with Crippen molar-refractivity contribution in [3.05, 3.63) is 65.2 Å². The number of hydrogen-bond acceptors (Lipinski definition) is 4. The highest BCUT2D eigenvalue weighted by atomic mass is 35.5. The number of ether oxygens (including phenoxy) is 1. The van der Waals surface area contributed by atoms with Crippen molar-refractivity contribution in [3.63, 3.8) is 0 Å². The van der Waals surface area contributed by atoms with Gasteiger partial charge in [-0.05, 0) is 43.3 Å². The van der Waals surface area contributed by atoms with E-state index in [9.17, 15) is 14.4 Å². The summed E-state index contributed by atoms with van der Waals surface area (Å²) in [5.41, 5.74) is 1.02. The monoisotopic (exact) mass is 386 g/mol. The van der Waals surface area contributed by atoms with Gasteiger partial charge in [0.25, 0.3) is 11.8 Å². The number of halogens is 1. The number of anilines is 1. The number of para-hydroxylation sites is 1. The number of hydrogen-bond donors (Lipinski definition) is 1. The van der Waals surface area contributed by atoms with Crippen LogP contribution in [0.2, 0.25) is 5.02 Å². The van der Waals surface area contributed by atoms with Gasteiger partial charge in [-0.1, -0.05) is 29.8 Å². The molecule has 0 saturated carbocycles. The van der Waals surface area contributed by atoms with Crippen LogP contribution in [-0.2, 0) is 14.3 Å². The highest BCUT2D eigenvalue weighted by Crippen LogP contribution is 2.26. The maximum Gasteiger partial charge on any atom is 0.313 e. The van der Waals surface area contributed by atoms with E-state index in [-0.39, 0.29) is 19.1 Å². The summed E-state index contributed by atoms with van der Waals surface area (Å²) in [6.07, 6.45) is 0. The summed E-state index contributed by atoms with van der Waals surface area (Å²) in [6.45, 7) is 2.05. The molecule has 0 aliphatic carbocycles. The molecular weight excluding hydrogens is 368 g/mol. The fourth-order valence-electron chi connectivity index (χ4n) is 3.02. The van der Waals surface area contributed by atoms with Crippen molar-refractivity contribution in [2.24, 2.45) is 5.92 Å². The van der Waals surface area contributed by atoms with E-state index < -0.39 is 23.8 Å². The van der Waals surface area contributed by atoms with Gasteiger partial charge in [0, 0.05) is 22.8 Å². The number of benzene rings is 2. The molecule has 7 heteroatoms. The van der Waals surface area contributed by atoms with Crippen molar-refractivity contribution in [2.75, 3.05) is 18.1 Å². The highest BCUT2D eigenvalue weighted by molar-refractivity contribution is 6.30. The number of nitrogens with zero attached hydrogens (tertiary/aromatic N) is 1. The van der Waals surface area contributed by atoms with E-state index in [1.54, 1.807) is 43.3 Å². The molecule has 2 atom stereocenters. The zero-order chi connectivity index (χ0) is 19.4. The molecule has 0 spiro atoms. The van der Waals surface area contributed by atoms with Gasteiger partial charge in [0.1, 0.15) is 12.0 Å². The third kappa shape index (κ3) is 4.11. The van der Waals surface area contributed by atoms with Crippen LogP contribution in [-0.4, -0.2) is 37.0 Å². The Bertz CT molecular complexity index is 839. The van der Waals surface area contributed by atoms with E-state index in [0.717, 1.165) is 0 Å². The quantitative estimate of drug-likeness (QED) is 0.801. The first kappa shape index (κ1) is 18.9. The molecule has 0 bridgehead atoms. The smallest absolute Gasteiger partial charge is 0.313 e. The van der Waals surface area contributed by atoms with Gasteiger partial charge in [-0.25, -0.2) is 0 Å². The minimum atomic E-state index is -0.993. The zero-order valence-corrected chi connectivity index (χ0v) is 15.5. The van der Waals surface area contributed by atoms with E-state index >= 15 is 0 Å². The molecule has 2 amide bonds. The lowest BCUT2D eigenvalue weighted by molar-refractivity contribution is -0.148. The largest absolute Gasteiger partial charge is 0.466 e. The van der Waals surface area contributed by atoms with Crippen LogP contribution >= 0.6 is 11.6 Å². The second kappa shape index (κ2) is 8.22. The molecule has 0 radical (unpaired) electrons. The molecule has 0 aromatic heterocycles. The van der Waals surface area contributed by atoms with Crippen molar-refractivity contribution in [3.8, 4) is 0 Å². The molecular formula is C20H19ClN2O4. The molecule has 140 valence electrons. The molecule has 1 aliphatic rings. The predicted molar refractivity (Wildman–Crippen MR) is 102 cm³/mol. The first-order valence-corrected chi connectivity index (χ1v) is 8.98. The molecule has 3 rings (SSSR count). The van der Waals surface area contributed by atoms with Gasteiger partial charge < -0.3 is 15.0 Å². The zero-order valence-electron chi connectivity index (χ0n) is 14.7. The summed E-state index contributed by atoms with van der Waals surface area (Å²) in [5.74, 6) is -2.09. The van der Waals surface area contributed by atoms with Crippen molar-refractivity contribution < 1.29 is 19.1 Å². The first-order chi connectivity index (χ1) is 13.0. The second-order valence-electron chi connectivity index (χ2n) is 6.10. The number of amides is 2. The van der Waals surface area contributed by atoms with Crippen LogP contribution in [0.1, 0.15) is 17.3 Å². The number of rotatable bonds is 5. The summed E-state index contributed by atoms with van der Waals surface area (Å²) in [4.78, 5) is 39.3. The summed E-state index contributed by atoms with van der Waals surface area (Å²) < 4.78 is 5.11. The average Bonchev–Trinajstić information content (AvgIpc) is 3.00. The molecule has 2 aromatic carbocycles. The van der Waals surface area contributed by atoms with E-state index in [1.165, 1.54) is 4.90 Å². The summed E-state index contributed by atoms with van der Waals surface area (Å²) >= 11 is 5.84. The maximum atomic E-state index is 12.9. The molecule has 1 saturated heterocycles. The lowest BCUT2D eigenvalue weighted by atomic mass is 10.0. The molecule has 2 aromatic rings. The SMILES string of the molecule is CCOC(=O)[C@@H]1CN(c2ccccc2)C(=O)[C@@H]1NC(=O)c1ccc(Cl)cc1. The van der Waals surface area contributed by atoms with Crippen molar-refractivity contribution in [1.82, 2.24) is 5.32 Å². The second-order valence-corrected chi connectivity index (χ2v) is 6.54. The average molecular weight is 387 g/mol. The summed E-state index contributed by atoms with van der Waals surface area (Å²) in [7, 11) is 0. The van der Waals surface area contributed by atoms with Crippen LogP contribution in [0.5, 0.6) is 0 Å². The van der Waals surface area contributed by atoms with Crippen LogP contribution in [0.4, 0.5) is 5.69 Å². The normalized spacial score (nSPS) is 19.0. The number of carbonyl (C=O) groups excluding carboxylic acids is 3. The van der Waals surface area contributed by atoms with Gasteiger partial charge in [0.15, 0.2) is 0 Å². The number of nitrogens with one attached hydrogen (secondary N) is 1. The fraction of sp³-hybridized carbons (Fsp3) is 0.250. The molecule has 1 fully saturated rings. The van der Waals surface area contributed by atoms with E-state index in [0.29, 0.717) is 16.3 Å². The van der Waals surface area contributed by atoms with Crippen LogP contribution in [0.15, 0.2) is 54.6 Å². The Balaban J connectivity index is 1.84. The fourth-order valence-corrected chi connectivity index (χ4v) is 3.15. The maximum absolute atomic E-state index is 12.9. The summed E-state index contributed by atoms with van der Waals surface area (Å²) in [5, 5.41) is 3.18. The molecule has 0 unspecified atom stereocenters. The van der Waals surface area contributed by atoms with Crippen LogP contribution in [0, 0.1) is 5.92 Å². The van der Waals surface area contributed by atoms with Gasteiger partial charge in [-0.2, -0.15) is 0 Å². The Morgan fingerprint density at radius 1 is 1.15 bits per heavy atom. The van der Waals surface area contributed by atoms with Crippen molar-refractivity contribution >= 4 is 35.1 Å². The highest BCUT2D eigenvalue weighted by Gasteiger charge is 2.46. The third-order valence-corrected chi connectivity index (χ3v) is 4.62. The third-order valence-electron chi connectivity index (χ3n) is 4.36. The van der Waals surface area contributed by atoms with Crippen LogP contribution in [0.3, 0.4) is 0 Å². The van der Waals surface area contributed by atoms with Gasteiger partial charge >= 0.3 is 5.97 Å². The Morgan fingerprint density at radius 2 is 1.81 bits per heavy atom.